The Kier molecular flexibility index (Phi) is 4.78. The van der Waals surface area contributed by atoms with Gasteiger partial charge in [-0.3, -0.25) is 0 Å². The molecule has 5 nitrogen and oxygen atoms in total. The third-order valence-corrected chi connectivity index (χ3v) is 3.07. The van der Waals surface area contributed by atoms with Crippen LogP contribution in [0.3, 0.4) is 0 Å². The second-order valence-electron chi connectivity index (χ2n) is 4.84. The van der Waals surface area contributed by atoms with Crippen molar-refractivity contribution in [3.63, 3.8) is 0 Å². The SMILES string of the molecule is O=C([O-])c1ncc(-c2cc(C(F)(F)F)ccc2OC2CC2)o1.[Li+]. The average molecular weight is 319 g/mol. The molecule has 0 spiro atoms. The van der Waals surface area contributed by atoms with Gasteiger partial charge in [-0.25, -0.2) is 4.98 Å². The summed E-state index contributed by atoms with van der Waals surface area (Å²) in [4.78, 5) is 14.1. The van der Waals surface area contributed by atoms with Gasteiger partial charge in [0.25, 0.3) is 0 Å². The number of ether oxygens (including phenoxy) is 1. The first kappa shape index (κ1) is 17.4. The number of hydrogen-bond acceptors (Lipinski definition) is 5. The van der Waals surface area contributed by atoms with E-state index in [1.165, 1.54) is 6.07 Å². The summed E-state index contributed by atoms with van der Waals surface area (Å²) < 4.78 is 48.9. The standard InChI is InChI=1S/C14H10F3NO4.Li/c15-14(16,17)7-1-4-10(21-8-2-3-8)9(5-7)11-6-18-12(22-11)13(19)20;/h1,4-6,8H,2-3H2,(H,19,20);/q;+1/p-1. The van der Waals surface area contributed by atoms with E-state index in [9.17, 15) is 23.1 Å². The molecule has 1 aromatic carbocycles. The maximum absolute atomic E-state index is 12.8. The topological polar surface area (TPSA) is 75.4 Å². The molecule has 23 heavy (non-hydrogen) atoms. The third-order valence-electron chi connectivity index (χ3n) is 3.07. The van der Waals surface area contributed by atoms with Gasteiger partial charge in [0.2, 0.25) is 5.89 Å². The summed E-state index contributed by atoms with van der Waals surface area (Å²) in [5.41, 5.74) is -0.890. The molecule has 0 saturated heterocycles. The van der Waals surface area contributed by atoms with E-state index in [-0.39, 0.29) is 42.0 Å². The zero-order chi connectivity index (χ0) is 15.9. The van der Waals surface area contributed by atoms with Crippen LogP contribution in [0.15, 0.2) is 28.8 Å². The van der Waals surface area contributed by atoms with Gasteiger partial charge < -0.3 is 19.1 Å². The summed E-state index contributed by atoms with van der Waals surface area (Å²) in [5.74, 6) is -2.29. The predicted molar refractivity (Wildman–Crippen MR) is 64.9 cm³/mol. The minimum atomic E-state index is -4.54. The molecule has 2 aromatic rings. The van der Waals surface area contributed by atoms with Crippen molar-refractivity contribution in [3.05, 3.63) is 35.9 Å². The van der Waals surface area contributed by atoms with Crippen molar-refractivity contribution in [2.45, 2.75) is 25.1 Å². The minimum absolute atomic E-state index is 0. The molecule has 0 N–H and O–H groups in total. The Morgan fingerprint density at radius 2 is 2.04 bits per heavy atom. The molecular formula is C14H9F3LiNO4. The normalized spacial score (nSPS) is 14.2. The van der Waals surface area contributed by atoms with Gasteiger partial charge in [0.15, 0.2) is 5.76 Å². The van der Waals surface area contributed by atoms with Crippen molar-refractivity contribution in [2.24, 2.45) is 0 Å². The number of aromatic nitrogens is 1. The fourth-order valence-electron chi connectivity index (χ4n) is 1.86. The van der Waals surface area contributed by atoms with Crippen molar-refractivity contribution < 1.29 is 51.1 Å². The molecular weight excluding hydrogens is 310 g/mol. The van der Waals surface area contributed by atoms with Gasteiger partial charge in [-0.15, -0.1) is 0 Å². The molecule has 0 amide bonds. The van der Waals surface area contributed by atoms with Gasteiger partial charge in [0.05, 0.1) is 23.4 Å². The van der Waals surface area contributed by atoms with E-state index < -0.39 is 23.6 Å². The van der Waals surface area contributed by atoms with Gasteiger partial charge in [0.1, 0.15) is 11.7 Å². The van der Waals surface area contributed by atoms with E-state index in [0.717, 1.165) is 31.2 Å². The van der Waals surface area contributed by atoms with E-state index in [0.29, 0.717) is 0 Å². The maximum Gasteiger partial charge on any atom is 1.00 e. The predicted octanol–water partition coefficient (Wildman–Crippen LogP) is -0.731. The van der Waals surface area contributed by atoms with Crippen LogP contribution in [0.4, 0.5) is 13.2 Å². The first-order chi connectivity index (χ1) is 10.3. The summed E-state index contributed by atoms with van der Waals surface area (Å²) >= 11 is 0. The molecule has 9 heteroatoms. The fourth-order valence-corrected chi connectivity index (χ4v) is 1.86. The smallest absolute Gasteiger partial charge is 0.540 e. The molecule has 1 saturated carbocycles. The van der Waals surface area contributed by atoms with Gasteiger partial charge >= 0.3 is 25.0 Å². The Bertz CT molecular complexity index is 725. The zero-order valence-electron chi connectivity index (χ0n) is 12.0. The van der Waals surface area contributed by atoms with Crippen LogP contribution in [0.1, 0.15) is 29.1 Å². The molecule has 3 rings (SSSR count). The Hall–Kier alpha value is -1.91. The maximum atomic E-state index is 12.8. The molecule has 1 aromatic heterocycles. The number of nitrogens with zero attached hydrogens (tertiary/aromatic N) is 1. The van der Waals surface area contributed by atoms with Crippen LogP contribution in [0.2, 0.25) is 0 Å². The van der Waals surface area contributed by atoms with Gasteiger partial charge in [0, 0.05) is 0 Å². The third kappa shape index (κ3) is 3.89. The Morgan fingerprint density at radius 3 is 2.57 bits per heavy atom. The van der Waals surface area contributed by atoms with E-state index >= 15 is 0 Å². The number of hydrogen-bond donors (Lipinski definition) is 0. The summed E-state index contributed by atoms with van der Waals surface area (Å²) in [5, 5.41) is 10.7. The average Bonchev–Trinajstić information content (AvgIpc) is 3.11. The monoisotopic (exact) mass is 319 g/mol. The quantitative estimate of drug-likeness (QED) is 0.695. The number of carbonyl (C=O) groups excluding carboxylic acids is 1. The molecule has 1 aliphatic rings. The van der Waals surface area contributed by atoms with Crippen molar-refractivity contribution in [3.8, 4) is 17.1 Å². The van der Waals surface area contributed by atoms with Crippen LogP contribution in [0, 0.1) is 0 Å². The number of benzene rings is 1. The van der Waals surface area contributed by atoms with E-state index in [4.69, 9.17) is 9.15 Å². The molecule has 0 unspecified atom stereocenters. The first-order valence-corrected chi connectivity index (χ1v) is 6.40. The van der Waals surface area contributed by atoms with E-state index in [1.54, 1.807) is 0 Å². The summed E-state index contributed by atoms with van der Waals surface area (Å²) in [6, 6.07) is 2.94. The van der Waals surface area contributed by atoms with Crippen molar-refractivity contribution in [1.29, 1.82) is 0 Å². The van der Waals surface area contributed by atoms with E-state index in [1.807, 2.05) is 0 Å². The number of aromatic carboxylic acids is 1. The molecule has 1 heterocycles. The number of carboxylic acid groups (broad SMARTS) is 1. The molecule has 1 aliphatic carbocycles. The molecule has 0 aliphatic heterocycles. The second kappa shape index (κ2) is 6.30. The number of carboxylic acids is 1. The summed E-state index contributed by atoms with van der Waals surface area (Å²) in [7, 11) is 0. The van der Waals surface area contributed by atoms with E-state index in [2.05, 4.69) is 4.98 Å². The van der Waals surface area contributed by atoms with Gasteiger partial charge in [-0.1, -0.05) is 0 Å². The summed E-state index contributed by atoms with van der Waals surface area (Å²) in [6.07, 6.45) is -1.91. The fraction of sp³-hybridized carbons (Fsp3) is 0.286. The zero-order valence-corrected chi connectivity index (χ0v) is 12.0. The van der Waals surface area contributed by atoms with Crippen molar-refractivity contribution in [1.82, 2.24) is 4.98 Å². The van der Waals surface area contributed by atoms with Crippen molar-refractivity contribution >= 4 is 5.97 Å². The van der Waals surface area contributed by atoms with Crippen LogP contribution < -0.4 is 28.7 Å². The molecule has 0 bridgehead atoms. The Balaban J connectivity index is 0.00000192. The number of oxazole rings is 1. The van der Waals surface area contributed by atoms with Crippen LogP contribution in [-0.4, -0.2) is 17.1 Å². The number of alkyl halides is 3. The van der Waals surface area contributed by atoms with Gasteiger partial charge in [-0.2, -0.15) is 13.2 Å². The largest absolute Gasteiger partial charge is 1.00 e. The van der Waals surface area contributed by atoms with Gasteiger partial charge in [-0.05, 0) is 31.0 Å². The van der Waals surface area contributed by atoms with Crippen LogP contribution in [0.5, 0.6) is 5.75 Å². The van der Waals surface area contributed by atoms with Crippen LogP contribution >= 0.6 is 0 Å². The van der Waals surface area contributed by atoms with Crippen LogP contribution in [0.25, 0.3) is 11.3 Å². The molecule has 0 radical (unpaired) electrons. The van der Waals surface area contributed by atoms with Crippen molar-refractivity contribution in [2.75, 3.05) is 0 Å². The van der Waals surface area contributed by atoms with Crippen LogP contribution in [-0.2, 0) is 6.18 Å². The number of halogens is 3. The second-order valence-corrected chi connectivity index (χ2v) is 4.84. The Morgan fingerprint density at radius 1 is 1.35 bits per heavy atom. The molecule has 1 fully saturated rings. The molecule has 116 valence electrons. The summed E-state index contributed by atoms with van der Waals surface area (Å²) in [6.45, 7) is 0. The number of carbonyl (C=O) groups is 1. The Labute approximate surface area is 140 Å². The first-order valence-electron chi connectivity index (χ1n) is 6.40. The minimum Gasteiger partial charge on any atom is -0.540 e. The molecule has 0 atom stereocenters. The number of rotatable bonds is 4.